The van der Waals surface area contributed by atoms with Gasteiger partial charge in [0.15, 0.2) is 0 Å². The molecule has 6 heteroatoms. The molecule has 1 aromatic rings. The zero-order chi connectivity index (χ0) is 19.2. The number of likely N-dealkylation sites (tertiary alicyclic amines) is 1. The predicted molar refractivity (Wildman–Crippen MR) is 108 cm³/mol. The van der Waals surface area contributed by atoms with E-state index in [2.05, 4.69) is 41.1 Å². The van der Waals surface area contributed by atoms with Crippen molar-refractivity contribution in [3.63, 3.8) is 0 Å². The van der Waals surface area contributed by atoms with E-state index in [0.717, 1.165) is 39.3 Å². The van der Waals surface area contributed by atoms with Crippen LogP contribution in [0.4, 0.5) is 0 Å². The maximum Gasteiger partial charge on any atom is 0.234 e. The second kappa shape index (κ2) is 9.64. The average molecular weight is 375 g/mol. The van der Waals surface area contributed by atoms with Crippen LogP contribution in [-0.4, -0.2) is 80.3 Å². The summed E-state index contributed by atoms with van der Waals surface area (Å²) in [6, 6.07) is 10.4. The first-order chi connectivity index (χ1) is 13.0. The molecule has 0 radical (unpaired) electrons. The highest BCUT2D eigenvalue weighted by Crippen LogP contribution is 2.25. The van der Waals surface area contributed by atoms with Crippen LogP contribution in [0, 0.1) is 5.92 Å². The summed E-state index contributed by atoms with van der Waals surface area (Å²) in [6.45, 7) is 10.7. The third kappa shape index (κ3) is 6.01. The molecule has 2 aliphatic rings. The smallest absolute Gasteiger partial charge is 0.234 e. The van der Waals surface area contributed by atoms with Crippen LogP contribution in [0.2, 0.25) is 0 Å². The molecular weight excluding hydrogens is 340 g/mol. The Hall–Kier alpha value is -1.47. The minimum atomic E-state index is 0.0560. The summed E-state index contributed by atoms with van der Waals surface area (Å²) >= 11 is 0. The van der Waals surface area contributed by atoms with Crippen molar-refractivity contribution < 1.29 is 9.53 Å². The van der Waals surface area contributed by atoms with Crippen LogP contribution in [0.3, 0.4) is 0 Å². The maximum absolute atomic E-state index is 12.4. The summed E-state index contributed by atoms with van der Waals surface area (Å²) in [7, 11) is 0. The molecule has 6 nitrogen and oxygen atoms in total. The molecule has 1 aromatic carbocycles. The molecule has 0 aromatic heterocycles. The number of hydrogen-bond acceptors (Lipinski definition) is 5. The van der Waals surface area contributed by atoms with Gasteiger partial charge in [-0.2, -0.15) is 0 Å². The maximum atomic E-state index is 12.4. The number of nitrogens with zero attached hydrogens (tertiary/aromatic N) is 2. The van der Waals surface area contributed by atoms with E-state index in [9.17, 15) is 4.79 Å². The molecule has 3 atom stereocenters. The molecule has 27 heavy (non-hydrogen) atoms. The van der Waals surface area contributed by atoms with Gasteiger partial charge in [0.1, 0.15) is 0 Å². The lowest BCUT2D eigenvalue weighted by atomic mass is 9.95. The number of nitrogens with two attached hydrogens (primary N) is 1. The molecule has 0 spiro atoms. The molecule has 0 saturated carbocycles. The molecule has 1 unspecified atom stereocenters. The topological polar surface area (TPSA) is 70.8 Å². The Labute approximate surface area is 163 Å². The summed E-state index contributed by atoms with van der Waals surface area (Å²) < 4.78 is 5.81. The van der Waals surface area contributed by atoms with Gasteiger partial charge in [0.05, 0.1) is 19.3 Å². The minimum absolute atomic E-state index is 0.0560. The van der Waals surface area contributed by atoms with Gasteiger partial charge in [-0.3, -0.25) is 14.6 Å². The van der Waals surface area contributed by atoms with Crippen LogP contribution in [0.25, 0.3) is 0 Å². The molecule has 150 valence electrons. The van der Waals surface area contributed by atoms with Gasteiger partial charge in [-0.1, -0.05) is 44.2 Å². The minimum Gasteiger partial charge on any atom is -0.374 e. The van der Waals surface area contributed by atoms with E-state index < -0.39 is 0 Å². The third-order valence-electron chi connectivity index (χ3n) is 5.41. The van der Waals surface area contributed by atoms with Crippen molar-refractivity contribution in [3.8, 4) is 0 Å². The summed E-state index contributed by atoms with van der Waals surface area (Å²) in [6.07, 6.45) is 0.0827. The van der Waals surface area contributed by atoms with E-state index in [1.165, 1.54) is 5.56 Å². The van der Waals surface area contributed by atoms with Gasteiger partial charge in [-0.05, 0) is 11.5 Å². The molecule has 3 N–H and O–H groups in total. The Morgan fingerprint density at radius 3 is 2.74 bits per heavy atom. The van der Waals surface area contributed by atoms with Gasteiger partial charge in [0.2, 0.25) is 5.91 Å². The molecule has 1 amide bonds. The fraction of sp³-hybridized carbons (Fsp3) is 0.667. The van der Waals surface area contributed by atoms with E-state index >= 15 is 0 Å². The number of benzene rings is 1. The normalized spacial score (nSPS) is 27.2. The quantitative estimate of drug-likeness (QED) is 0.742. The van der Waals surface area contributed by atoms with Crippen LogP contribution in [0.15, 0.2) is 30.3 Å². The van der Waals surface area contributed by atoms with E-state index in [1.54, 1.807) is 0 Å². The largest absolute Gasteiger partial charge is 0.374 e. The second-order valence-electron chi connectivity index (χ2n) is 8.33. The van der Waals surface area contributed by atoms with Crippen molar-refractivity contribution in [3.05, 3.63) is 35.9 Å². The summed E-state index contributed by atoms with van der Waals surface area (Å²) in [5.74, 6) is 1.00. The first-order valence-corrected chi connectivity index (χ1v) is 10.1. The van der Waals surface area contributed by atoms with Gasteiger partial charge < -0.3 is 15.8 Å². The van der Waals surface area contributed by atoms with Gasteiger partial charge in [-0.15, -0.1) is 0 Å². The lowest BCUT2D eigenvalue weighted by Gasteiger charge is -2.34. The number of ether oxygens (including phenoxy) is 1. The first kappa shape index (κ1) is 20.3. The SMILES string of the molecule is CC(C)CN1CCOC(CNC(=O)CN2C[C@@H](N)[C@H](c3ccccc3)C2)C1. The van der Waals surface area contributed by atoms with Crippen LogP contribution >= 0.6 is 0 Å². The first-order valence-electron chi connectivity index (χ1n) is 10.1. The Bertz CT molecular complexity index is 595. The summed E-state index contributed by atoms with van der Waals surface area (Å²) in [5.41, 5.74) is 7.58. The molecular formula is C21H34N4O2. The number of carbonyl (C=O) groups is 1. The lowest BCUT2D eigenvalue weighted by molar-refractivity contribution is -0.123. The number of carbonyl (C=O) groups excluding carboxylic acids is 1. The fourth-order valence-electron chi connectivity index (χ4n) is 4.17. The van der Waals surface area contributed by atoms with Crippen molar-refractivity contribution in [2.24, 2.45) is 11.7 Å². The summed E-state index contributed by atoms with van der Waals surface area (Å²) in [5, 5.41) is 3.05. The summed E-state index contributed by atoms with van der Waals surface area (Å²) in [4.78, 5) is 17.0. The molecule has 0 bridgehead atoms. The second-order valence-corrected chi connectivity index (χ2v) is 8.33. The highest BCUT2D eigenvalue weighted by atomic mass is 16.5. The van der Waals surface area contributed by atoms with Gasteiger partial charge in [0, 0.05) is 51.2 Å². The van der Waals surface area contributed by atoms with Crippen LogP contribution in [0.1, 0.15) is 25.3 Å². The molecule has 2 aliphatic heterocycles. The standard InChI is InChI=1S/C21H34N4O2/c1-16(2)11-24-8-9-27-18(12-24)10-23-21(26)15-25-13-19(20(22)14-25)17-6-4-3-5-7-17/h3-7,16,18-20H,8-15,22H2,1-2H3,(H,23,26)/t18?,19-,20+/m0/s1. The highest BCUT2D eigenvalue weighted by molar-refractivity contribution is 5.78. The van der Waals surface area contributed by atoms with Crippen molar-refractivity contribution in [2.75, 3.05) is 52.4 Å². The third-order valence-corrected chi connectivity index (χ3v) is 5.41. The van der Waals surface area contributed by atoms with Gasteiger partial charge >= 0.3 is 0 Å². The molecule has 3 rings (SSSR count). The van der Waals surface area contributed by atoms with Crippen molar-refractivity contribution >= 4 is 5.91 Å². The van der Waals surface area contributed by atoms with Gasteiger partial charge in [-0.25, -0.2) is 0 Å². The monoisotopic (exact) mass is 374 g/mol. The van der Waals surface area contributed by atoms with E-state index in [-0.39, 0.29) is 18.1 Å². The molecule has 2 saturated heterocycles. The highest BCUT2D eigenvalue weighted by Gasteiger charge is 2.32. The van der Waals surface area contributed by atoms with E-state index in [0.29, 0.717) is 24.9 Å². The van der Waals surface area contributed by atoms with Crippen LogP contribution in [-0.2, 0) is 9.53 Å². The predicted octanol–water partition coefficient (Wildman–Crippen LogP) is 0.886. The Kier molecular flexibility index (Phi) is 7.24. The van der Waals surface area contributed by atoms with E-state index in [1.807, 2.05) is 18.2 Å². The van der Waals surface area contributed by atoms with Crippen molar-refractivity contribution in [2.45, 2.75) is 31.9 Å². The van der Waals surface area contributed by atoms with Gasteiger partial charge in [0.25, 0.3) is 0 Å². The van der Waals surface area contributed by atoms with E-state index in [4.69, 9.17) is 10.5 Å². The zero-order valence-electron chi connectivity index (χ0n) is 16.6. The van der Waals surface area contributed by atoms with Crippen LogP contribution < -0.4 is 11.1 Å². The Balaban J connectivity index is 1.41. The van der Waals surface area contributed by atoms with Crippen LogP contribution in [0.5, 0.6) is 0 Å². The number of nitrogens with one attached hydrogen (secondary N) is 1. The Morgan fingerprint density at radius 1 is 1.22 bits per heavy atom. The number of hydrogen-bond donors (Lipinski definition) is 2. The lowest BCUT2D eigenvalue weighted by Crippen LogP contribution is -2.49. The van der Waals surface area contributed by atoms with Crippen molar-refractivity contribution in [1.82, 2.24) is 15.1 Å². The van der Waals surface area contributed by atoms with Crippen molar-refractivity contribution in [1.29, 1.82) is 0 Å². The number of morpholine rings is 1. The molecule has 0 aliphatic carbocycles. The molecule has 2 fully saturated rings. The molecule has 2 heterocycles. The average Bonchev–Trinajstić information content (AvgIpc) is 3.00. The number of rotatable bonds is 7. The fourth-order valence-corrected chi connectivity index (χ4v) is 4.17. The Morgan fingerprint density at radius 2 is 2.00 bits per heavy atom. The zero-order valence-corrected chi connectivity index (χ0v) is 16.6. The number of amides is 1.